The van der Waals surface area contributed by atoms with Gasteiger partial charge < -0.3 is 9.88 Å². The van der Waals surface area contributed by atoms with Crippen molar-refractivity contribution in [3.63, 3.8) is 0 Å². The molecule has 0 saturated heterocycles. The zero-order valence-electron chi connectivity index (χ0n) is 13.6. The minimum absolute atomic E-state index is 0.0541. The second kappa shape index (κ2) is 7.65. The Labute approximate surface area is 148 Å². The number of hydrogen-bond donors (Lipinski definition) is 1. The van der Waals surface area contributed by atoms with Gasteiger partial charge in [0.05, 0.1) is 11.0 Å². The molecular weight excluding hydrogens is 344 g/mol. The summed E-state index contributed by atoms with van der Waals surface area (Å²) in [7, 11) is 0. The van der Waals surface area contributed by atoms with Crippen LogP contribution in [0.5, 0.6) is 0 Å². The molecular formula is C18H17F2N3OS. The van der Waals surface area contributed by atoms with Crippen LogP contribution in [0.3, 0.4) is 0 Å². The van der Waals surface area contributed by atoms with Crippen molar-refractivity contribution in [1.29, 1.82) is 0 Å². The number of aryl methyl sites for hydroxylation is 1. The zero-order valence-corrected chi connectivity index (χ0v) is 14.4. The van der Waals surface area contributed by atoms with Crippen molar-refractivity contribution in [2.75, 3.05) is 0 Å². The standard InChI is InChI=1S/C18H17F2N3OS/c1-12-6-2-3-7-13(12)10-21-16(24)11-23-15-9-5-4-8-14(15)22-18(23)25-17(19)20/h2-9,17H,10-11H2,1H3,(H,21,24). The van der Waals surface area contributed by atoms with Crippen molar-refractivity contribution < 1.29 is 13.6 Å². The molecule has 2 aromatic carbocycles. The number of hydrogen-bond acceptors (Lipinski definition) is 3. The van der Waals surface area contributed by atoms with E-state index in [1.807, 2.05) is 31.2 Å². The summed E-state index contributed by atoms with van der Waals surface area (Å²) in [6.07, 6.45) is 0. The molecule has 1 aromatic heterocycles. The molecule has 0 aliphatic carbocycles. The smallest absolute Gasteiger partial charge is 0.291 e. The molecule has 7 heteroatoms. The monoisotopic (exact) mass is 361 g/mol. The van der Waals surface area contributed by atoms with Crippen LogP contribution in [0, 0.1) is 6.92 Å². The topological polar surface area (TPSA) is 46.9 Å². The van der Waals surface area contributed by atoms with E-state index < -0.39 is 5.76 Å². The van der Waals surface area contributed by atoms with Crippen molar-refractivity contribution >= 4 is 28.7 Å². The number of halogens is 2. The van der Waals surface area contributed by atoms with Gasteiger partial charge in [0, 0.05) is 6.54 Å². The third-order valence-electron chi connectivity index (χ3n) is 3.85. The average molecular weight is 361 g/mol. The predicted molar refractivity (Wildman–Crippen MR) is 94.6 cm³/mol. The maximum atomic E-state index is 12.8. The van der Waals surface area contributed by atoms with E-state index in [1.54, 1.807) is 24.3 Å². The van der Waals surface area contributed by atoms with Crippen LogP contribution in [-0.4, -0.2) is 21.2 Å². The summed E-state index contributed by atoms with van der Waals surface area (Å²) >= 11 is 0.348. The van der Waals surface area contributed by atoms with E-state index in [0.717, 1.165) is 11.1 Å². The van der Waals surface area contributed by atoms with Gasteiger partial charge in [-0.1, -0.05) is 36.4 Å². The number of nitrogens with one attached hydrogen (secondary N) is 1. The number of carbonyl (C=O) groups excluding carboxylic acids is 1. The highest BCUT2D eigenvalue weighted by Gasteiger charge is 2.17. The number of para-hydroxylation sites is 2. The Bertz CT molecular complexity index is 895. The Hall–Kier alpha value is -2.41. The number of amides is 1. The molecule has 0 fully saturated rings. The van der Waals surface area contributed by atoms with Gasteiger partial charge in [-0.3, -0.25) is 4.79 Å². The van der Waals surface area contributed by atoms with Crippen LogP contribution in [0.1, 0.15) is 11.1 Å². The van der Waals surface area contributed by atoms with Gasteiger partial charge in [0.2, 0.25) is 5.91 Å². The summed E-state index contributed by atoms with van der Waals surface area (Å²) in [5, 5.41) is 2.98. The quantitative estimate of drug-likeness (QED) is 0.676. The van der Waals surface area contributed by atoms with Crippen molar-refractivity contribution in [3.8, 4) is 0 Å². The predicted octanol–water partition coefficient (Wildman–Crippen LogP) is 3.98. The van der Waals surface area contributed by atoms with Crippen LogP contribution in [0.15, 0.2) is 53.7 Å². The maximum Gasteiger partial charge on any atom is 0.291 e. The van der Waals surface area contributed by atoms with Crippen molar-refractivity contribution in [2.24, 2.45) is 0 Å². The highest BCUT2D eigenvalue weighted by molar-refractivity contribution is 7.99. The highest BCUT2D eigenvalue weighted by Crippen LogP contribution is 2.28. The molecule has 0 aliphatic rings. The van der Waals surface area contributed by atoms with Gasteiger partial charge in [0.1, 0.15) is 6.54 Å². The molecule has 0 radical (unpaired) electrons. The first-order chi connectivity index (χ1) is 12.0. The molecule has 130 valence electrons. The number of nitrogens with zero attached hydrogens (tertiary/aromatic N) is 2. The van der Waals surface area contributed by atoms with E-state index in [-0.39, 0.29) is 17.6 Å². The molecule has 0 saturated carbocycles. The molecule has 0 unspecified atom stereocenters. The van der Waals surface area contributed by atoms with Crippen LogP contribution < -0.4 is 5.32 Å². The Kier molecular flexibility index (Phi) is 5.33. The second-order valence-corrected chi connectivity index (χ2v) is 6.51. The lowest BCUT2D eigenvalue weighted by atomic mass is 10.1. The molecule has 0 aliphatic heterocycles. The maximum absolute atomic E-state index is 12.8. The fourth-order valence-corrected chi connectivity index (χ4v) is 3.18. The number of alkyl halides is 2. The third kappa shape index (κ3) is 4.17. The van der Waals surface area contributed by atoms with E-state index >= 15 is 0 Å². The molecule has 1 heterocycles. The molecule has 3 aromatic rings. The Balaban J connectivity index is 1.77. The van der Waals surface area contributed by atoms with Gasteiger partial charge in [-0.15, -0.1) is 0 Å². The number of imidazole rings is 1. The zero-order chi connectivity index (χ0) is 17.8. The molecule has 25 heavy (non-hydrogen) atoms. The summed E-state index contributed by atoms with van der Waals surface area (Å²) in [5.41, 5.74) is 3.37. The number of benzene rings is 2. The van der Waals surface area contributed by atoms with E-state index in [9.17, 15) is 13.6 Å². The summed E-state index contributed by atoms with van der Waals surface area (Å²) in [6.45, 7) is 2.32. The van der Waals surface area contributed by atoms with Crippen LogP contribution in [-0.2, 0) is 17.9 Å². The summed E-state index contributed by atoms with van der Waals surface area (Å²) in [6, 6.07) is 14.9. The van der Waals surface area contributed by atoms with Crippen LogP contribution >= 0.6 is 11.8 Å². The fourth-order valence-electron chi connectivity index (χ4n) is 2.58. The van der Waals surface area contributed by atoms with E-state index in [2.05, 4.69) is 10.3 Å². The van der Waals surface area contributed by atoms with Crippen LogP contribution in [0.2, 0.25) is 0 Å². The second-order valence-electron chi connectivity index (χ2n) is 5.55. The largest absolute Gasteiger partial charge is 0.350 e. The first kappa shape index (κ1) is 17.4. The van der Waals surface area contributed by atoms with E-state index in [4.69, 9.17) is 0 Å². The number of thioether (sulfide) groups is 1. The average Bonchev–Trinajstić information content (AvgIpc) is 2.91. The Morgan fingerprint density at radius 2 is 1.92 bits per heavy atom. The minimum atomic E-state index is -2.59. The van der Waals surface area contributed by atoms with Crippen LogP contribution in [0.25, 0.3) is 11.0 Å². The number of rotatable bonds is 6. The number of fused-ring (bicyclic) bond motifs is 1. The van der Waals surface area contributed by atoms with Gasteiger partial charge in [-0.25, -0.2) is 4.98 Å². The van der Waals surface area contributed by atoms with Gasteiger partial charge >= 0.3 is 0 Å². The molecule has 0 spiro atoms. The Morgan fingerprint density at radius 3 is 2.68 bits per heavy atom. The fraction of sp³-hybridized carbons (Fsp3) is 0.222. The molecule has 0 bridgehead atoms. The van der Waals surface area contributed by atoms with Crippen LogP contribution in [0.4, 0.5) is 8.78 Å². The third-order valence-corrected chi connectivity index (χ3v) is 4.55. The lowest BCUT2D eigenvalue weighted by Gasteiger charge is -2.10. The molecule has 4 nitrogen and oxygen atoms in total. The van der Waals surface area contributed by atoms with Crippen molar-refractivity contribution in [2.45, 2.75) is 30.9 Å². The first-order valence-electron chi connectivity index (χ1n) is 7.76. The van der Waals surface area contributed by atoms with Gasteiger partial charge in [0.15, 0.2) is 5.16 Å². The lowest BCUT2D eigenvalue weighted by Crippen LogP contribution is -2.27. The highest BCUT2D eigenvalue weighted by atomic mass is 32.2. The lowest BCUT2D eigenvalue weighted by molar-refractivity contribution is -0.121. The van der Waals surface area contributed by atoms with Crippen molar-refractivity contribution in [3.05, 3.63) is 59.7 Å². The van der Waals surface area contributed by atoms with Crippen molar-refractivity contribution in [1.82, 2.24) is 14.9 Å². The summed E-state index contributed by atoms with van der Waals surface area (Å²) in [4.78, 5) is 16.5. The minimum Gasteiger partial charge on any atom is -0.350 e. The molecule has 1 amide bonds. The molecule has 0 atom stereocenters. The summed E-state index contributed by atoms with van der Waals surface area (Å²) < 4.78 is 27.1. The molecule has 3 rings (SSSR count). The Morgan fingerprint density at radius 1 is 1.20 bits per heavy atom. The normalized spacial score (nSPS) is 11.2. The van der Waals surface area contributed by atoms with Gasteiger partial charge in [-0.05, 0) is 41.9 Å². The first-order valence-corrected chi connectivity index (χ1v) is 8.64. The molecule has 1 N–H and O–H groups in total. The van der Waals surface area contributed by atoms with Gasteiger partial charge in [0.25, 0.3) is 5.76 Å². The number of carbonyl (C=O) groups is 1. The SMILES string of the molecule is Cc1ccccc1CNC(=O)Cn1c(SC(F)F)nc2ccccc21. The van der Waals surface area contributed by atoms with E-state index in [1.165, 1.54) is 4.57 Å². The summed E-state index contributed by atoms with van der Waals surface area (Å²) in [5.74, 6) is -2.84. The van der Waals surface area contributed by atoms with Gasteiger partial charge in [-0.2, -0.15) is 8.78 Å². The number of aromatic nitrogens is 2. The van der Waals surface area contributed by atoms with E-state index in [0.29, 0.717) is 29.3 Å².